The van der Waals surface area contributed by atoms with Crippen LogP contribution >= 0.6 is 0 Å². The highest BCUT2D eigenvalue weighted by atomic mass is 19.4. The van der Waals surface area contributed by atoms with Gasteiger partial charge in [-0.05, 0) is 67.0 Å². The summed E-state index contributed by atoms with van der Waals surface area (Å²) in [6, 6.07) is 7.52. The standard InChI is InChI=1S/C22H24F3NO4/c1-4-14-11-18(22(23,24)25)20(10-13(14)2)30-12-17-16(15-8-9-15)6-5-7-19(17)26(28)21(27)29-3/h5-7,10-11,15,28H,4,8-9,12H2,1-3H3. The van der Waals surface area contributed by atoms with E-state index in [4.69, 9.17) is 4.74 Å². The summed E-state index contributed by atoms with van der Waals surface area (Å²) >= 11 is 0. The molecule has 0 unspecified atom stereocenters. The Morgan fingerprint density at radius 3 is 2.53 bits per heavy atom. The van der Waals surface area contributed by atoms with Gasteiger partial charge in [-0.3, -0.25) is 5.21 Å². The molecule has 0 atom stereocenters. The molecule has 1 aliphatic rings. The molecule has 1 aliphatic carbocycles. The third kappa shape index (κ3) is 4.53. The number of nitrogens with zero attached hydrogens (tertiary/aromatic N) is 1. The molecule has 3 rings (SSSR count). The number of hydrogen-bond donors (Lipinski definition) is 1. The number of aryl methyl sites for hydroxylation is 2. The molecule has 0 spiro atoms. The number of hydrogen-bond acceptors (Lipinski definition) is 4. The van der Waals surface area contributed by atoms with Gasteiger partial charge in [-0.25, -0.2) is 4.79 Å². The molecule has 8 heteroatoms. The maximum absolute atomic E-state index is 13.6. The Balaban J connectivity index is 2.00. The lowest BCUT2D eigenvalue weighted by Gasteiger charge is -2.22. The summed E-state index contributed by atoms with van der Waals surface area (Å²) in [5.74, 6) is -0.0582. The molecular weight excluding hydrogens is 399 g/mol. The first-order valence-electron chi connectivity index (χ1n) is 9.69. The smallest absolute Gasteiger partial charge is 0.438 e. The monoisotopic (exact) mass is 423 g/mol. The van der Waals surface area contributed by atoms with Crippen LogP contribution < -0.4 is 9.80 Å². The van der Waals surface area contributed by atoms with Crippen LogP contribution in [-0.2, 0) is 23.9 Å². The van der Waals surface area contributed by atoms with Gasteiger partial charge in [-0.1, -0.05) is 19.1 Å². The van der Waals surface area contributed by atoms with Crippen LogP contribution in [0.3, 0.4) is 0 Å². The van der Waals surface area contributed by atoms with E-state index < -0.39 is 17.8 Å². The van der Waals surface area contributed by atoms with Crippen molar-refractivity contribution < 1.29 is 32.6 Å². The predicted octanol–water partition coefficient (Wildman–Crippen LogP) is 5.99. The van der Waals surface area contributed by atoms with E-state index in [-0.39, 0.29) is 24.0 Å². The second-order valence-electron chi connectivity index (χ2n) is 7.32. The van der Waals surface area contributed by atoms with Crippen LogP contribution in [0.5, 0.6) is 5.75 Å². The average molecular weight is 423 g/mol. The van der Waals surface area contributed by atoms with Gasteiger partial charge in [0.1, 0.15) is 12.4 Å². The minimum absolute atomic E-state index is 0.127. The van der Waals surface area contributed by atoms with E-state index in [1.807, 2.05) is 6.07 Å². The number of carbonyl (C=O) groups is 1. The van der Waals surface area contributed by atoms with Crippen molar-refractivity contribution in [2.75, 3.05) is 12.2 Å². The van der Waals surface area contributed by atoms with E-state index in [0.29, 0.717) is 28.2 Å². The highest BCUT2D eigenvalue weighted by Gasteiger charge is 2.36. The van der Waals surface area contributed by atoms with Crippen LogP contribution in [0.1, 0.15) is 53.5 Å². The van der Waals surface area contributed by atoms with E-state index in [9.17, 15) is 23.2 Å². The molecule has 1 fully saturated rings. The lowest BCUT2D eigenvalue weighted by Crippen LogP contribution is -2.28. The number of rotatable bonds is 6. The number of carbonyl (C=O) groups excluding carboxylic acids is 1. The zero-order valence-corrected chi connectivity index (χ0v) is 17.0. The van der Waals surface area contributed by atoms with Crippen LogP contribution in [-0.4, -0.2) is 18.4 Å². The SMILES string of the molecule is CCc1cc(C(F)(F)F)c(OCc2c(C3CC3)cccc2N(O)C(=O)OC)cc1C. The summed E-state index contributed by atoms with van der Waals surface area (Å²) in [5, 5.41) is 10.6. The molecule has 0 radical (unpaired) electrons. The zero-order valence-electron chi connectivity index (χ0n) is 17.0. The molecule has 1 saturated carbocycles. The summed E-state index contributed by atoms with van der Waals surface area (Å²) in [6.45, 7) is 3.30. The average Bonchev–Trinajstić information content (AvgIpc) is 3.55. The highest BCUT2D eigenvalue weighted by molar-refractivity contribution is 5.86. The van der Waals surface area contributed by atoms with Crippen molar-refractivity contribution in [1.29, 1.82) is 0 Å². The van der Waals surface area contributed by atoms with Gasteiger partial charge in [-0.15, -0.1) is 0 Å². The Morgan fingerprint density at radius 2 is 1.97 bits per heavy atom. The van der Waals surface area contributed by atoms with Crippen molar-refractivity contribution in [2.45, 2.75) is 51.8 Å². The number of anilines is 1. The Labute approximate surface area is 173 Å². The van der Waals surface area contributed by atoms with Gasteiger partial charge in [0.25, 0.3) is 0 Å². The van der Waals surface area contributed by atoms with Gasteiger partial charge >= 0.3 is 12.3 Å². The van der Waals surface area contributed by atoms with Crippen LogP contribution in [0, 0.1) is 6.92 Å². The molecule has 0 aromatic heterocycles. The van der Waals surface area contributed by atoms with Crippen molar-refractivity contribution >= 4 is 11.8 Å². The van der Waals surface area contributed by atoms with Crippen LogP contribution in [0.25, 0.3) is 0 Å². The lowest BCUT2D eigenvalue weighted by atomic mass is 10.0. The Bertz CT molecular complexity index is 939. The van der Waals surface area contributed by atoms with Crippen molar-refractivity contribution in [3.63, 3.8) is 0 Å². The number of hydroxylamine groups is 1. The van der Waals surface area contributed by atoms with E-state index in [1.165, 1.54) is 12.1 Å². The molecule has 162 valence electrons. The highest BCUT2D eigenvalue weighted by Crippen LogP contribution is 2.44. The fraction of sp³-hybridized carbons (Fsp3) is 0.409. The largest absolute Gasteiger partial charge is 0.488 e. The molecule has 0 heterocycles. The number of amides is 1. The van der Waals surface area contributed by atoms with Crippen LogP contribution in [0.15, 0.2) is 30.3 Å². The molecule has 0 aliphatic heterocycles. The number of halogens is 3. The predicted molar refractivity (Wildman–Crippen MR) is 105 cm³/mol. The molecular formula is C22H24F3NO4. The summed E-state index contributed by atoms with van der Waals surface area (Å²) in [5.41, 5.74) is 1.88. The van der Waals surface area contributed by atoms with Gasteiger partial charge in [0.2, 0.25) is 0 Å². The molecule has 30 heavy (non-hydrogen) atoms. The molecule has 0 saturated heterocycles. The fourth-order valence-corrected chi connectivity index (χ4v) is 3.51. The van der Waals surface area contributed by atoms with E-state index in [1.54, 1.807) is 19.9 Å². The minimum atomic E-state index is -4.57. The molecule has 5 nitrogen and oxygen atoms in total. The number of benzene rings is 2. The van der Waals surface area contributed by atoms with Crippen molar-refractivity contribution in [3.8, 4) is 5.75 Å². The third-order valence-corrected chi connectivity index (χ3v) is 5.28. The lowest BCUT2D eigenvalue weighted by molar-refractivity contribution is -0.139. The normalized spacial score (nSPS) is 13.8. The van der Waals surface area contributed by atoms with Crippen molar-refractivity contribution in [2.24, 2.45) is 0 Å². The van der Waals surface area contributed by atoms with Gasteiger partial charge in [0.05, 0.1) is 18.4 Å². The number of ether oxygens (including phenoxy) is 2. The maximum atomic E-state index is 13.6. The molecule has 0 bridgehead atoms. The van der Waals surface area contributed by atoms with Crippen LogP contribution in [0.4, 0.5) is 23.7 Å². The van der Waals surface area contributed by atoms with Gasteiger partial charge in [0.15, 0.2) is 0 Å². The number of alkyl halides is 3. The van der Waals surface area contributed by atoms with E-state index >= 15 is 0 Å². The first-order valence-corrected chi connectivity index (χ1v) is 9.69. The van der Waals surface area contributed by atoms with E-state index in [0.717, 1.165) is 31.6 Å². The molecule has 2 aromatic carbocycles. The summed E-state index contributed by atoms with van der Waals surface area (Å²) in [4.78, 5) is 11.8. The maximum Gasteiger partial charge on any atom is 0.438 e. The van der Waals surface area contributed by atoms with Gasteiger partial charge in [0, 0.05) is 5.56 Å². The minimum Gasteiger partial charge on any atom is -0.488 e. The second kappa shape index (κ2) is 8.55. The topological polar surface area (TPSA) is 59.0 Å². The van der Waals surface area contributed by atoms with Gasteiger partial charge < -0.3 is 9.47 Å². The molecule has 1 N–H and O–H groups in total. The summed E-state index contributed by atoms with van der Waals surface area (Å²) < 4.78 is 51.0. The van der Waals surface area contributed by atoms with Crippen LogP contribution in [0.2, 0.25) is 0 Å². The van der Waals surface area contributed by atoms with E-state index in [2.05, 4.69) is 4.74 Å². The van der Waals surface area contributed by atoms with Gasteiger partial charge in [-0.2, -0.15) is 18.2 Å². The summed E-state index contributed by atoms with van der Waals surface area (Å²) in [7, 11) is 1.13. The molecule has 2 aromatic rings. The first-order chi connectivity index (χ1) is 14.2. The van der Waals surface area contributed by atoms with Crippen molar-refractivity contribution in [3.05, 3.63) is 58.1 Å². The summed E-state index contributed by atoms with van der Waals surface area (Å²) in [6.07, 6.45) is -3.23. The fourth-order valence-electron chi connectivity index (χ4n) is 3.51. The Hall–Kier alpha value is -2.74. The third-order valence-electron chi connectivity index (χ3n) is 5.28. The Morgan fingerprint density at radius 1 is 1.27 bits per heavy atom. The quantitative estimate of drug-likeness (QED) is 0.458. The second-order valence-corrected chi connectivity index (χ2v) is 7.32. The molecule has 1 amide bonds. The first kappa shape index (κ1) is 22.0. The number of methoxy groups -OCH3 is 1. The zero-order chi connectivity index (χ0) is 22.1. The Kier molecular flexibility index (Phi) is 6.26. The van der Waals surface area contributed by atoms with Crippen molar-refractivity contribution in [1.82, 2.24) is 0 Å².